The average Bonchev–Trinajstić information content (AvgIpc) is 2.45. The number of hydrogen-bond donors (Lipinski definition) is 3. The Morgan fingerprint density at radius 3 is 2.38 bits per heavy atom. The van der Waals surface area contributed by atoms with E-state index in [0.29, 0.717) is 24.1 Å². The molecule has 1 aromatic rings. The van der Waals surface area contributed by atoms with Crippen LogP contribution >= 0.6 is 0 Å². The molecule has 0 fully saturated rings. The molecule has 0 bridgehead atoms. The van der Waals surface area contributed by atoms with Gasteiger partial charge in [-0.25, -0.2) is 4.79 Å². The Labute approximate surface area is 121 Å². The largest absolute Gasteiger partial charge is 0.481 e. The Morgan fingerprint density at radius 2 is 1.95 bits per heavy atom. The summed E-state index contributed by atoms with van der Waals surface area (Å²) in [5.74, 6) is -2.59. The highest BCUT2D eigenvalue weighted by Crippen LogP contribution is 2.21. The standard InChI is InChI=1S/C13H16N4O4/c1-3-7-8(6-14)12(17-16-9(7)4-2)15-10(13(20)21)5-11(18)19/h10H,3-5H2,1-2H3,(H,15,17)(H,18,19)(H,20,21). The van der Waals surface area contributed by atoms with E-state index in [4.69, 9.17) is 10.2 Å². The highest BCUT2D eigenvalue weighted by Gasteiger charge is 2.24. The fourth-order valence-corrected chi connectivity index (χ4v) is 1.93. The first-order chi connectivity index (χ1) is 9.94. The van der Waals surface area contributed by atoms with Gasteiger partial charge in [0.2, 0.25) is 0 Å². The van der Waals surface area contributed by atoms with Crippen LogP contribution in [0.4, 0.5) is 5.82 Å². The molecular weight excluding hydrogens is 276 g/mol. The third-order valence-corrected chi connectivity index (χ3v) is 2.95. The van der Waals surface area contributed by atoms with Crippen molar-refractivity contribution < 1.29 is 19.8 Å². The predicted molar refractivity (Wildman–Crippen MR) is 72.8 cm³/mol. The first-order valence-corrected chi connectivity index (χ1v) is 6.44. The van der Waals surface area contributed by atoms with Crippen LogP contribution in [0.25, 0.3) is 0 Å². The van der Waals surface area contributed by atoms with Crippen LogP contribution in [0, 0.1) is 11.3 Å². The zero-order chi connectivity index (χ0) is 16.0. The van der Waals surface area contributed by atoms with Crippen molar-refractivity contribution in [2.24, 2.45) is 0 Å². The molecule has 21 heavy (non-hydrogen) atoms. The van der Waals surface area contributed by atoms with Gasteiger partial charge in [0.25, 0.3) is 0 Å². The van der Waals surface area contributed by atoms with Gasteiger partial charge in [-0.05, 0) is 18.4 Å². The van der Waals surface area contributed by atoms with E-state index in [-0.39, 0.29) is 11.4 Å². The summed E-state index contributed by atoms with van der Waals surface area (Å²) in [6.07, 6.45) is 0.522. The second-order valence-electron chi connectivity index (χ2n) is 4.30. The number of aryl methyl sites for hydroxylation is 1. The molecule has 0 aliphatic heterocycles. The van der Waals surface area contributed by atoms with Crippen molar-refractivity contribution in [3.8, 4) is 6.07 Å². The minimum Gasteiger partial charge on any atom is -0.481 e. The van der Waals surface area contributed by atoms with Gasteiger partial charge in [0, 0.05) is 0 Å². The summed E-state index contributed by atoms with van der Waals surface area (Å²) in [6.45, 7) is 3.73. The van der Waals surface area contributed by atoms with Crippen LogP contribution in [0.2, 0.25) is 0 Å². The first kappa shape index (κ1) is 16.4. The number of nitrogens with zero attached hydrogens (tertiary/aromatic N) is 3. The Bertz CT molecular complexity index is 595. The molecule has 1 atom stereocenters. The lowest BCUT2D eigenvalue weighted by Gasteiger charge is -2.16. The second-order valence-corrected chi connectivity index (χ2v) is 4.30. The van der Waals surface area contributed by atoms with Crippen molar-refractivity contribution in [3.05, 3.63) is 16.8 Å². The molecular formula is C13H16N4O4. The number of hydrogen-bond acceptors (Lipinski definition) is 6. The number of aromatic nitrogens is 2. The molecule has 1 heterocycles. The Morgan fingerprint density at radius 1 is 1.29 bits per heavy atom. The van der Waals surface area contributed by atoms with Gasteiger partial charge in [0.1, 0.15) is 17.7 Å². The van der Waals surface area contributed by atoms with Gasteiger partial charge in [-0.15, -0.1) is 5.10 Å². The summed E-state index contributed by atoms with van der Waals surface area (Å²) >= 11 is 0. The van der Waals surface area contributed by atoms with Gasteiger partial charge in [-0.1, -0.05) is 13.8 Å². The van der Waals surface area contributed by atoms with E-state index < -0.39 is 24.4 Å². The summed E-state index contributed by atoms with van der Waals surface area (Å²) in [6, 6.07) is 0.608. The fraction of sp³-hybridized carbons (Fsp3) is 0.462. The molecule has 1 unspecified atom stereocenters. The number of nitrogens with one attached hydrogen (secondary N) is 1. The van der Waals surface area contributed by atoms with E-state index >= 15 is 0 Å². The maximum absolute atomic E-state index is 11.1. The number of nitriles is 1. The van der Waals surface area contributed by atoms with Gasteiger partial charge in [0.15, 0.2) is 5.82 Å². The van der Waals surface area contributed by atoms with Crippen LogP contribution in [0.5, 0.6) is 0 Å². The topological polar surface area (TPSA) is 136 Å². The van der Waals surface area contributed by atoms with Crippen LogP contribution in [0.15, 0.2) is 0 Å². The number of anilines is 1. The minimum atomic E-state index is -1.37. The van der Waals surface area contributed by atoms with Crippen molar-refractivity contribution in [1.82, 2.24) is 10.2 Å². The van der Waals surface area contributed by atoms with Crippen molar-refractivity contribution >= 4 is 17.8 Å². The van der Waals surface area contributed by atoms with Crippen molar-refractivity contribution in [1.29, 1.82) is 5.26 Å². The quantitative estimate of drug-likeness (QED) is 0.671. The number of rotatable bonds is 7. The van der Waals surface area contributed by atoms with Gasteiger partial charge in [0.05, 0.1) is 12.1 Å². The van der Waals surface area contributed by atoms with Crippen LogP contribution in [-0.2, 0) is 22.4 Å². The lowest BCUT2D eigenvalue weighted by Crippen LogP contribution is -2.32. The van der Waals surface area contributed by atoms with E-state index in [1.54, 1.807) is 0 Å². The van der Waals surface area contributed by atoms with E-state index in [0.717, 1.165) is 0 Å². The van der Waals surface area contributed by atoms with Crippen LogP contribution in [0.1, 0.15) is 37.1 Å². The molecule has 1 aromatic heterocycles. The maximum Gasteiger partial charge on any atom is 0.326 e. The molecule has 0 radical (unpaired) electrons. The molecule has 112 valence electrons. The van der Waals surface area contributed by atoms with Crippen LogP contribution in [-0.4, -0.2) is 38.4 Å². The average molecular weight is 292 g/mol. The summed E-state index contributed by atoms with van der Waals surface area (Å²) in [5.41, 5.74) is 1.57. The third-order valence-electron chi connectivity index (χ3n) is 2.95. The van der Waals surface area contributed by atoms with Crippen molar-refractivity contribution in [2.45, 2.75) is 39.2 Å². The van der Waals surface area contributed by atoms with Crippen molar-refractivity contribution in [2.75, 3.05) is 5.32 Å². The number of carbonyl (C=O) groups is 2. The molecule has 3 N–H and O–H groups in total. The van der Waals surface area contributed by atoms with E-state index in [1.165, 1.54) is 0 Å². The van der Waals surface area contributed by atoms with Gasteiger partial charge in [-0.3, -0.25) is 4.79 Å². The zero-order valence-corrected chi connectivity index (χ0v) is 11.8. The monoisotopic (exact) mass is 292 g/mol. The molecule has 1 rings (SSSR count). The zero-order valence-electron chi connectivity index (χ0n) is 11.8. The molecule has 0 aromatic carbocycles. The molecule has 0 aliphatic rings. The number of carboxylic acid groups (broad SMARTS) is 2. The Balaban J connectivity index is 3.21. The van der Waals surface area contributed by atoms with E-state index in [2.05, 4.69) is 15.5 Å². The fourth-order valence-electron chi connectivity index (χ4n) is 1.93. The maximum atomic E-state index is 11.1. The molecule has 0 saturated carbocycles. The van der Waals surface area contributed by atoms with Crippen LogP contribution in [0.3, 0.4) is 0 Å². The highest BCUT2D eigenvalue weighted by atomic mass is 16.4. The summed E-state index contributed by atoms with van der Waals surface area (Å²) < 4.78 is 0. The molecule has 8 heteroatoms. The number of carboxylic acids is 2. The van der Waals surface area contributed by atoms with Gasteiger partial charge in [-0.2, -0.15) is 10.4 Å². The van der Waals surface area contributed by atoms with E-state index in [1.807, 2.05) is 19.9 Å². The SMILES string of the molecule is CCc1nnc(NC(CC(=O)O)C(=O)O)c(C#N)c1CC. The minimum absolute atomic E-state index is 0.000185. The first-order valence-electron chi connectivity index (χ1n) is 6.44. The Hall–Kier alpha value is -2.69. The molecule has 0 saturated heterocycles. The molecule has 0 spiro atoms. The van der Waals surface area contributed by atoms with Gasteiger partial charge >= 0.3 is 11.9 Å². The Kier molecular flexibility index (Phi) is 5.60. The van der Waals surface area contributed by atoms with Crippen molar-refractivity contribution in [3.63, 3.8) is 0 Å². The summed E-state index contributed by atoms with van der Waals surface area (Å²) in [4.78, 5) is 21.7. The third kappa shape index (κ3) is 3.89. The second kappa shape index (κ2) is 7.19. The summed E-state index contributed by atoms with van der Waals surface area (Å²) in [5, 5.41) is 37.3. The smallest absolute Gasteiger partial charge is 0.326 e. The normalized spacial score (nSPS) is 11.5. The molecule has 8 nitrogen and oxygen atoms in total. The lowest BCUT2D eigenvalue weighted by atomic mass is 10.0. The predicted octanol–water partition coefficient (Wildman–Crippen LogP) is 0.813. The lowest BCUT2D eigenvalue weighted by molar-refractivity contribution is -0.144. The number of aliphatic carboxylic acids is 2. The summed E-state index contributed by atoms with van der Waals surface area (Å²) in [7, 11) is 0. The van der Waals surface area contributed by atoms with Gasteiger partial charge < -0.3 is 15.5 Å². The highest BCUT2D eigenvalue weighted by molar-refractivity contribution is 5.83. The van der Waals surface area contributed by atoms with E-state index in [9.17, 15) is 14.9 Å². The molecule has 0 aliphatic carbocycles. The van der Waals surface area contributed by atoms with Crippen LogP contribution < -0.4 is 5.32 Å². The molecule has 0 amide bonds.